The molecule has 0 unspecified atom stereocenters. The highest BCUT2D eigenvalue weighted by Gasteiger charge is 2.24. The molecule has 0 radical (unpaired) electrons. The minimum absolute atomic E-state index is 0.144. The van der Waals surface area contributed by atoms with Gasteiger partial charge in [0.1, 0.15) is 6.42 Å². The Hall–Kier alpha value is -3.02. The van der Waals surface area contributed by atoms with Gasteiger partial charge in [0.05, 0.1) is 14.2 Å². The second-order valence-corrected chi connectivity index (χ2v) is 6.92. The summed E-state index contributed by atoms with van der Waals surface area (Å²) in [4.78, 5) is 26.5. The summed E-state index contributed by atoms with van der Waals surface area (Å²) in [7, 11) is 3.20. The van der Waals surface area contributed by atoms with Gasteiger partial charge in [0.2, 0.25) is 11.8 Å². The van der Waals surface area contributed by atoms with Crippen molar-refractivity contribution < 1.29 is 19.1 Å². The number of amides is 2. The maximum Gasteiger partial charge on any atom is 0.232 e. The zero-order valence-electron chi connectivity index (χ0n) is 16.6. The highest BCUT2D eigenvalue weighted by Crippen LogP contribution is 2.33. The number of ether oxygens (including phenoxy) is 2. The number of carbonyl (C=O) groups excluding carboxylic acids is 2. The summed E-state index contributed by atoms with van der Waals surface area (Å²) in [5, 5.41) is 2.84. The lowest BCUT2D eigenvalue weighted by Crippen LogP contribution is -2.38. The summed E-state index contributed by atoms with van der Waals surface area (Å²) in [6.07, 6.45) is 0.584. The molecule has 1 aliphatic heterocycles. The molecule has 0 saturated carbocycles. The minimum Gasteiger partial charge on any atom is -0.493 e. The molecule has 1 N–H and O–H groups in total. The number of carbonyl (C=O) groups is 2. The molecule has 0 bridgehead atoms. The molecule has 6 heteroatoms. The second kappa shape index (κ2) is 8.78. The molecule has 148 valence electrons. The number of hydrogen-bond acceptors (Lipinski definition) is 4. The van der Waals surface area contributed by atoms with Crippen LogP contribution in [0, 0.1) is 6.92 Å². The van der Waals surface area contributed by atoms with Crippen molar-refractivity contribution in [1.29, 1.82) is 0 Å². The van der Waals surface area contributed by atoms with E-state index in [0.29, 0.717) is 31.1 Å². The van der Waals surface area contributed by atoms with Gasteiger partial charge in [-0.05, 0) is 47.7 Å². The van der Waals surface area contributed by atoms with E-state index in [9.17, 15) is 9.59 Å². The van der Waals surface area contributed by atoms with Crippen LogP contribution in [0.25, 0.3) is 0 Å². The third-order valence-electron chi connectivity index (χ3n) is 5.12. The number of nitrogens with zero attached hydrogens (tertiary/aromatic N) is 1. The van der Waals surface area contributed by atoms with E-state index in [1.165, 1.54) is 0 Å². The average molecular weight is 382 g/mol. The van der Waals surface area contributed by atoms with Crippen molar-refractivity contribution >= 4 is 11.8 Å². The first-order valence-corrected chi connectivity index (χ1v) is 9.34. The zero-order valence-corrected chi connectivity index (χ0v) is 16.6. The van der Waals surface area contributed by atoms with Gasteiger partial charge in [-0.3, -0.25) is 9.59 Å². The molecule has 6 nitrogen and oxygen atoms in total. The Morgan fingerprint density at radius 1 is 1.07 bits per heavy atom. The zero-order chi connectivity index (χ0) is 20.1. The normalized spacial score (nSPS) is 12.9. The Labute approximate surface area is 165 Å². The standard InChI is InChI=1S/C22H26N2O4/c1-15-6-4-5-7-17(15)13-23-21(25)12-22(26)24-9-8-16-10-19(27-2)20(28-3)11-18(16)14-24/h4-7,10-11H,8-9,12-14H2,1-3H3,(H,23,25). The fourth-order valence-electron chi connectivity index (χ4n) is 3.41. The maximum atomic E-state index is 12.6. The molecule has 0 aliphatic carbocycles. The highest BCUT2D eigenvalue weighted by atomic mass is 16.5. The molecule has 2 aromatic carbocycles. The average Bonchev–Trinajstić information content (AvgIpc) is 2.71. The fourth-order valence-corrected chi connectivity index (χ4v) is 3.41. The van der Waals surface area contributed by atoms with Gasteiger partial charge < -0.3 is 19.7 Å². The number of hydrogen-bond donors (Lipinski definition) is 1. The van der Waals surface area contributed by atoms with Crippen LogP contribution in [0.15, 0.2) is 36.4 Å². The lowest BCUT2D eigenvalue weighted by molar-refractivity contribution is -0.136. The summed E-state index contributed by atoms with van der Waals surface area (Å²) >= 11 is 0. The summed E-state index contributed by atoms with van der Waals surface area (Å²) in [5.41, 5.74) is 4.34. The quantitative estimate of drug-likeness (QED) is 0.780. The van der Waals surface area contributed by atoms with Gasteiger partial charge in [0.15, 0.2) is 11.5 Å². The van der Waals surface area contributed by atoms with Crippen molar-refractivity contribution in [3.8, 4) is 11.5 Å². The molecule has 2 aromatic rings. The number of benzene rings is 2. The first-order chi connectivity index (χ1) is 13.5. The highest BCUT2D eigenvalue weighted by molar-refractivity contribution is 5.97. The number of rotatable bonds is 6. The van der Waals surface area contributed by atoms with Crippen LogP contribution in [0.4, 0.5) is 0 Å². The van der Waals surface area contributed by atoms with Crippen molar-refractivity contribution in [3.63, 3.8) is 0 Å². The van der Waals surface area contributed by atoms with E-state index in [2.05, 4.69) is 5.32 Å². The Balaban J connectivity index is 1.58. The molecule has 2 amide bonds. The van der Waals surface area contributed by atoms with E-state index in [4.69, 9.17) is 9.47 Å². The molecular formula is C22H26N2O4. The van der Waals surface area contributed by atoms with Crippen LogP contribution in [0.2, 0.25) is 0 Å². The van der Waals surface area contributed by atoms with Crippen molar-refractivity contribution in [1.82, 2.24) is 10.2 Å². The van der Waals surface area contributed by atoms with E-state index in [0.717, 1.165) is 28.7 Å². The second-order valence-electron chi connectivity index (χ2n) is 6.92. The van der Waals surface area contributed by atoms with Gasteiger partial charge in [0, 0.05) is 19.6 Å². The third-order valence-corrected chi connectivity index (χ3v) is 5.12. The van der Waals surface area contributed by atoms with Crippen LogP contribution in [0.3, 0.4) is 0 Å². The SMILES string of the molecule is COc1cc2c(cc1OC)CN(C(=O)CC(=O)NCc1ccccc1C)CC2. The first-order valence-electron chi connectivity index (χ1n) is 9.34. The summed E-state index contributed by atoms with van der Waals surface area (Å²) < 4.78 is 10.7. The monoisotopic (exact) mass is 382 g/mol. The van der Waals surface area contributed by atoms with Gasteiger partial charge in [-0.25, -0.2) is 0 Å². The predicted molar refractivity (Wildman–Crippen MR) is 106 cm³/mol. The Morgan fingerprint density at radius 2 is 1.75 bits per heavy atom. The molecule has 3 rings (SSSR count). The topological polar surface area (TPSA) is 67.9 Å². The van der Waals surface area contributed by atoms with E-state index in [1.807, 2.05) is 43.3 Å². The van der Waals surface area contributed by atoms with E-state index in [1.54, 1.807) is 19.1 Å². The van der Waals surface area contributed by atoms with E-state index < -0.39 is 0 Å². The van der Waals surface area contributed by atoms with E-state index in [-0.39, 0.29) is 18.2 Å². The fraction of sp³-hybridized carbons (Fsp3) is 0.364. The molecule has 1 aliphatic rings. The van der Waals surface area contributed by atoms with Crippen LogP contribution >= 0.6 is 0 Å². The van der Waals surface area contributed by atoms with Gasteiger partial charge >= 0.3 is 0 Å². The Kier molecular flexibility index (Phi) is 6.19. The molecule has 0 saturated heterocycles. The first kappa shape index (κ1) is 19.7. The summed E-state index contributed by atoms with van der Waals surface area (Å²) in [6, 6.07) is 11.7. The molecule has 0 spiro atoms. The summed E-state index contributed by atoms with van der Waals surface area (Å²) in [6.45, 7) is 3.49. The number of fused-ring (bicyclic) bond motifs is 1. The van der Waals surface area contributed by atoms with Crippen LogP contribution in [-0.4, -0.2) is 37.5 Å². The lowest BCUT2D eigenvalue weighted by atomic mass is 9.98. The largest absolute Gasteiger partial charge is 0.493 e. The maximum absolute atomic E-state index is 12.6. The molecule has 0 fully saturated rings. The number of methoxy groups -OCH3 is 2. The van der Waals surface area contributed by atoms with Crippen LogP contribution in [0.1, 0.15) is 28.7 Å². The smallest absolute Gasteiger partial charge is 0.232 e. The number of aryl methyl sites for hydroxylation is 1. The van der Waals surface area contributed by atoms with Crippen molar-refractivity contribution in [3.05, 3.63) is 58.7 Å². The molecule has 0 atom stereocenters. The van der Waals surface area contributed by atoms with Crippen LogP contribution < -0.4 is 14.8 Å². The van der Waals surface area contributed by atoms with Crippen LogP contribution in [-0.2, 0) is 29.1 Å². The summed E-state index contributed by atoms with van der Waals surface area (Å²) in [5.74, 6) is 0.914. The van der Waals surface area contributed by atoms with Crippen molar-refractivity contribution in [2.75, 3.05) is 20.8 Å². The van der Waals surface area contributed by atoms with Gasteiger partial charge in [-0.2, -0.15) is 0 Å². The lowest BCUT2D eigenvalue weighted by Gasteiger charge is -2.29. The van der Waals surface area contributed by atoms with Gasteiger partial charge in [-0.1, -0.05) is 24.3 Å². The van der Waals surface area contributed by atoms with Gasteiger partial charge in [-0.15, -0.1) is 0 Å². The molecule has 1 heterocycles. The van der Waals surface area contributed by atoms with Crippen LogP contribution in [0.5, 0.6) is 11.5 Å². The van der Waals surface area contributed by atoms with Crippen molar-refractivity contribution in [2.24, 2.45) is 0 Å². The Morgan fingerprint density at radius 3 is 2.43 bits per heavy atom. The molecule has 0 aromatic heterocycles. The third kappa shape index (κ3) is 4.44. The van der Waals surface area contributed by atoms with Crippen molar-refractivity contribution in [2.45, 2.75) is 32.9 Å². The number of nitrogens with one attached hydrogen (secondary N) is 1. The molecule has 28 heavy (non-hydrogen) atoms. The van der Waals surface area contributed by atoms with Gasteiger partial charge in [0.25, 0.3) is 0 Å². The Bertz CT molecular complexity index is 879. The predicted octanol–water partition coefficient (Wildman–Crippen LogP) is 2.60. The van der Waals surface area contributed by atoms with E-state index >= 15 is 0 Å². The molecular weight excluding hydrogens is 356 g/mol. The minimum atomic E-state index is -0.258.